The first-order valence-corrected chi connectivity index (χ1v) is 11.4. The molecule has 0 saturated carbocycles. The molecular weight excluding hydrogens is 407 g/mol. The van der Waals surface area contributed by atoms with E-state index < -0.39 is 9.84 Å². The summed E-state index contributed by atoms with van der Waals surface area (Å²) in [7, 11) is -2.41. The maximum absolute atomic E-state index is 13.4. The predicted octanol–water partition coefficient (Wildman–Crippen LogP) is 4.70. The van der Waals surface area contributed by atoms with E-state index in [0.717, 1.165) is 25.7 Å². The monoisotopic (exact) mass is 430 g/mol. The summed E-state index contributed by atoms with van der Waals surface area (Å²) in [6.45, 7) is 1.40. The molecule has 0 aliphatic carbocycles. The Morgan fingerprint density at radius 3 is 2.20 bits per heavy atom. The van der Waals surface area contributed by atoms with Gasteiger partial charge in [0.1, 0.15) is 11.6 Å². The van der Waals surface area contributed by atoms with Gasteiger partial charge in [0, 0.05) is 18.7 Å². The van der Waals surface area contributed by atoms with Crippen LogP contribution in [0.4, 0.5) is 10.3 Å². The number of hydrogen-bond donors (Lipinski definition) is 0. The lowest BCUT2D eigenvalue weighted by atomic mass is 10.2. The molecule has 158 valence electrons. The van der Waals surface area contributed by atoms with E-state index in [0.29, 0.717) is 24.4 Å². The molecule has 2 aromatic carbocycles. The molecule has 1 fully saturated rings. The van der Waals surface area contributed by atoms with Crippen molar-refractivity contribution in [3.05, 3.63) is 54.3 Å². The lowest BCUT2D eigenvalue weighted by molar-refractivity contribution is 0.414. The van der Waals surface area contributed by atoms with Crippen molar-refractivity contribution in [3.63, 3.8) is 0 Å². The van der Waals surface area contributed by atoms with Crippen molar-refractivity contribution >= 4 is 15.7 Å². The zero-order chi connectivity index (χ0) is 21.1. The summed E-state index contributed by atoms with van der Waals surface area (Å²) in [5.41, 5.74) is 0.517. The molecule has 0 amide bonds. The second-order valence-electron chi connectivity index (χ2n) is 7.22. The number of halogens is 1. The van der Waals surface area contributed by atoms with Crippen LogP contribution in [0.3, 0.4) is 0 Å². The van der Waals surface area contributed by atoms with Gasteiger partial charge in [-0.15, -0.1) is 0 Å². The van der Waals surface area contributed by atoms with Crippen LogP contribution in [0.15, 0.2) is 62.9 Å². The molecule has 0 radical (unpaired) electrons. The highest BCUT2D eigenvalue weighted by molar-refractivity contribution is 7.91. The van der Waals surface area contributed by atoms with E-state index in [1.807, 2.05) is 4.90 Å². The Labute approximate surface area is 175 Å². The van der Waals surface area contributed by atoms with Crippen molar-refractivity contribution in [2.45, 2.75) is 35.6 Å². The molecule has 0 N–H and O–H groups in total. The van der Waals surface area contributed by atoms with E-state index in [4.69, 9.17) is 9.15 Å². The normalized spacial score (nSPS) is 15.1. The third-order valence-corrected chi connectivity index (χ3v) is 6.86. The molecule has 0 atom stereocenters. The molecule has 1 aliphatic rings. The first kappa shape index (κ1) is 20.4. The van der Waals surface area contributed by atoms with Gasteiger partial charge < -0.3 is 14.1 Å². The third-order valence-electron chi connectivity index (χ3n) is 5.19. The van der Waals surface area contributed by atoms with Gasteiger partial charge in [0.2, 0.25) is 26.6 Å². The van der Waals surface area contributed by atoms with Crippen LogP contribution in [0, 0.1) is 5.82 Å². The summed E-state index contributed by atoms with van der Waals surface area (Å²) in [6.07, 6.45) is 4.09. The van der Waals surface area contributed by atoms with Gasteiger partial charge in [0.25, 0.3) is 0 Å². The van der Waals surface area contributed by atoms with Crippen LogP contribution >= 0.6 is 0 Å². The average Bonchev–Trinajstić information content (AvgIpc) is 3.04. The van der Waals surface area contributed by atoms with Crippen molar-refractivity contribution in [2.75, 3.05) is 25.1 Å². The Hall–Kier alpha value is -2.87. The average molecular weight is 431 g/mol. The van der Waals surface area contributed by atoms with Crippen LogP contribution in [0.1, 0.15) is 25.7 Å². The molecule has 0 unspecified atom stereocenters. The molecule has 6 nitrogen and oxygen atoms in total. The molecule has 4 rings (SSSR count). The minimum absolute atomic E-state index is 0.110. The summed E-state index contributed by atoms with van der Waals surface area (Å²) >= 11 is 0. The number of methoxy groups -OCH3 is 1. The van der Waals surface area contributed by atoms with Gasteiger partial charge in [-0.1, -0.05) is 12.8 Å². The minimum atomic E-state index is -3.93. The van der Waals surface area contributed by atoms with Gasteiger partial charge in [-0.3, -0.25) is 0 Å². The molecule has 1 aromatic heterocycles. The highest BCUT2D eigenvalue weighted by Gasteiger charge is 2.31. The Morgan fingerprint density at radius 2 is 1.60 bits per heavy atom. The number of rotatable bonds is 5. The fraction of sp³-hybridized carbons (Fsp3) is 0.318. The van der Waals surface area contributed by atoms with Crippen LogP contribution in [0.25, 0.3) is 11.5 Å². The lowest BCUT2D eigenvalue weighted by Gasteiger charge is -2.20. The van der Waals surface area contributed by atoms with Crippen molar-refractivity contribution in [2.24, 2.45) is 0 Å². The maximum atomic E-state index is 13.4. The number of anilines is 1. The fourth-order valence-electron chi connectivity index (χ4n) is 3.53. The smallest absolute Gasteiger partial charge is 0.236 e. The molecule has 0 spiro atoms. The van der Waals surface area contributed by atoms with Gasteiger partial charge >= 0.3 is 0 Å². The van der Waals surface area contributed by atoms with Crippen molar-refractivity contribution in [1.82, 2.24) is 4.98 Å². The fourth-order valence-corrected chi connectivity index (χ4v) is 4.85. The second-order valence-corrected chi connectivity index (χ2v) is 9.08. The molecular formula is C22H23FN2O4S. The van der Waals surface area contributed by atoms with Gasteiger partial charge in [-0.05, 0) is 61.4 Å². The van der Waals surface area contributed by atoms with Crippen molar-refractivity contribution < 1.29 is 22.0 Å². The number of aromatic nitrogens is 1. The molecule has 0 bridgehead atoms. The van der Waals surface area contributed by atoms with Crippen LogP contribution in [-0.2, 0) is 9.84 Å². The number of benzene rings is 2. The number of hydrogen-bond acceptors (Lipinski definition) is 6. The second kappa shape index (κ2) is 8.47. The Morgan fingerprint density at radius 1 is 0.967 bits per heavy atom. The number of oxazole rings is 1. The predicted molar refractivity (Wildman–Crippen MR) is 111 cm³/mol. The third kappa shape index (κ3) is 4.05. The number of nitrogens with zero attached hydrogens (tertiary/aromatic N) is 2. The lowest BCUT2D eigenvalue weighted by Crippen LogP contribution is -2.25. The Kier molecular flexibility index (Phi) is 5.76. The maximum Gasteiger partial charge on any atom is 0.236 e. The van der Waals surface area contributed by atoms with Crippen LogP contribution < -0.4 is 9.64 Å². The molecule has 1 saturated heterocycles. The first-order chi connectivity index (χ1) is 14.5. The summed E-state index contributed by atoms with van der Waals surface area (Å²) in [5, 5.41) is -0.117. The molecule has 8 heteroatoms. The quantitative estimate of drug-likeness (QED) is 0.584. The van der Waals surface area contributed by atoms with Gasteiger partial charge in [-0.2, -0.15) is 4.98 Å². The molecule has 1 aliphatic heterocycles. The molecule has 3 aromatic rings. The zero-order valence-corrected chi connectivity index (χ0v) is 17.5. The molecule has 30 heavy (non-hydrogen) atoms. The van der Waals surface area contributed by atoms with E-state index in [9.17, 15) is 12.8 Å². The van der Waals surface area contributed by atoms with Gasteiger partial charge in [0.05, 0.1) is 12.0 Å². The topological polar surface area (TPSA) is 72.6 Å². The van der Waals surface area contributed by atoms with Crippen molar-refractivity contribution in [1.29, 1.82) is 0 Å². The summed E-state index contributed by atoms with van der Waals surface area (Å²) in [6, 6.07) is 11.8. The highest BCUT2D eigenvalue weighted by atomic mass is 32.2. The van der Waals surface area contributed by atoms with E-state index >= 15 is 0 Å². The van der Waals surface area contributed by atoms with Gasteiger partial charge in [0.15, 0.2) is 0 Å². The number of ether oxygens (including phenoxy) is 1. The summed E-state index contributed by atoms with van der Waals surface area (Å²) in [4.78, 5) is 6.41. The highest BCUT2D eigenvalue weighted by Crippen LogP contribution is 2.36. The van der Waals surface area contributed by atoms with Crippen LogP contribution in [0.2, 0.25) is 0 Å². The summed E-state index contributed by atoms with van der Waals surface area (Å²) in [5.74, 6) is 0.575. The minimum Gasteiger partial charge on any atom is -0.497 e. The van der Waals surface area contributed by atoms with Crippen LogP contribution in [0.5, 0.6) is 5.75 Å². The van der Waals surface area contributed by atoms with Gasteiger partial charge in [-0.25, -0.2) is 12.8 Å². The van der Waals surface area contributed by atoms with E-state index in [1.165, 1.54) is 43.5 Å². The standard InChI is InChI=1S/C22H23FN2O4S/c1-28-18-10-12-19(13-11-18)30(26,27)21-22(25-14-4-2-3-5-15-25)29-20(24-21)16-6-8-17(23)9-7-16/h6-13H,2-5,14-15H2,1H3. The van der Waals surface area contributed by atoms with E-state index in [-0.39, 0.29) is 27.5 Å². The number of sulfone groups is 1. The Balaban J connectivity index is 1.82. The Bertz CT molecular complexity index is 1100. The SMILES string of the molecule is COc1ccc(S(=O)(=O)c2nc(-c3ccc(F)cc3)oc2N2CCCCCC2)cc1. The largest absolute Gasteiger partial charge is 0.497 e. The summed E-state index contributed by atoms with van der Waals surface area (Å²) < 4.78 is 51.3. The van der Waals surface area contributed by atoms with E-state index in [1.54, 1.807) is 12.1 Å². The molecule has 2 heterocycles. The van der Waals surface area contributed by atoms with Crippen molar-refractivity contribution in [3.8, 4) is 17.2 Å². The first-order valence-electron chi connectivity index (χ1n) is 9.90. The van der Waals surface area contributed by atoms with E-state index in [2.05, 4.69) is 4.98 Å². The van der Waals surface area contributed by atoms with Crippen LogP contribution in [-0.4, -0.2) is 33.6 Å². The zero-order valence-electron chi connectivity index (χ0n) is 16.7.